The average Bonchev–Trinajstić information content (AvgIpc) is 2.36. The van der Waals surface area contributed by atoms with E-state index >= 15 is 0 Å². The Morgan fingerprint density at radius 3 is 3.00 bits per heavy atom. The largest absolute Gasteiger partial charge is 0.396 e. The summed E-state index contributed by atoms with van der Waals surface area (Å²) in [5.74, 6) is 0. The van der Waals surface area contributed by atoms with Gasteiger partial charge in [0.05, 0.1) is 12.2 Å². The molecular weight excluding hydrogens is 154 g/mol. The highest BCUT2D eigenvalue weighted by Gasteiger charge is 2.02. The number of nitrogens with two attached hydrogens (primary N) is 1. The standard InChI is InChI=1S/C8H15N3O/c1-7-2-4-11(10-7)6-8(9)3-5-12/h2,4,8,12H,3,5-6,9H2,1H3. The van der Waals surface area contributed by atoms with Gasteiger partial charge in [-0.25, -0.2) is 0 Å². The predicted octanol–water partition coefficient (Wildman–Crippen LogP) is -0.0988. The van der Waals surface area contributed by atoms with E-state index in [1.807, 2.05) is 19.2 Å². The molecule has 3 N–H and O–H groups in total. The zero-order valence-electron chi connectivity index (χ0n) is 7.27. The normalized spacial score (nSPS) is 13.2. The molecule has 0 aliphatic rings. The van der Waals surface area contributed by atoms with Gasteiger partial charge in [-0.15, -0.1) is 0 Å². The summed E-state index contributed by atoms with van der Waals surface area (Å²) in [4.78, 5) is 0. The maximum absolute atomic E-state index is 8.61. The topological polar surface area (TPSA) is 64.1 Å². The molecule has 0 saturated carbocycles. The van der Waals surface area contributed by atoms with E-state index in [0.717, 1.165) is 5.69 Å². The van der Waals surface area contributed by atoms with E-state index in [1.54, 1.807) is 4.68 Å². The van der Waals surface area contributed by atoms with Crippen LogP contribution in [-0.2, 0) is 6.54 Å². The van der Waals surface area contributed by atoms with E-state index in [0.29, 0.717) is 13.0 Å². The second-order valence-electron chi connectivity index (χ2n) is 2.95. The summed E-state index contributed by atoms with van der Waals surface area (Å²) in [5.41, 5.74) is 6.70. The van der Waals surface area contributed by atoms with Gasteiger partial charge in [0, 0.05) is 18.8 Å². The molecule has 1 atom stereocenters. The molecule has 0 fully saturated rings. The Labute approximate surface area is 72.0 Å². The monoisotopic (exact) mass is 169 g/mol. The molecule has 12 heavy (non-hydrogen) atoms. The third kappa shape index (κ3) is 2.64. The average molecular weight is 169 g/mol. The van der Waals surface area contributed by atoms with Crippen LogP contribution >= 0.6 is 0 Å². The van der Waals surface area contributed by atoms with Crippen LogP contribution in [0, 0.1) is 6.92 Å². The second-order valence-corrected chi connectivity index (χ2v) is 2.95. The fourth-order valence-electron chi connectivity index (χ4n) is 1.06. The van der Waals surface area contributed by atoms with Crippen LogP contribution < -0.4 is 5.73 Å². The third-order valence-corrected chi connectivity index (χ3v) is 1.70. The van der Waals surface area contributed by atoms with Crippen molar-refractivity contribution in [1.29, 1.82) is 0 Å². The van der Waals surface area contributed by atoms with Gasteiger partial charge in [0.15, 0.2) is 0 Å². The Morgan fingerprint density at radius 2 is 2.50 bits per heavy atom. The molecule has 0 radical (unpaired) electrons. The van der Waals surface area contributed by atoms with Crippen molar-refractivity contribution in [2.24, 2.45) is 5.73 Å². The van der Waals surface area contributed by atoms with Crippen molar-refractivity contribution in [1.82, 2.24) is 9.78 Å². The highest BCUT2D eigenvalue weighted by atomic mass is 16.3. The van der Waals surface area contributed by atoms with Gasteiger partial charge in [0.2, 0.25) is 0 Å². The van der Waals surface area contributed by atoms with Crippen LogP contribution in [0.5, 0.6) is 0 Å². The number of nitrogens with zero attached hydrogens (tertiary/aromatic N) is 2. The van der Waals surface area contributed by atoms with Crippen molar-refractivity contribution in [2.45, 2.75) is 25.9 Å². The number of aromatic nitrogens is 2. The molecule has 0 aromatic carbocycles. The maximum Gasteiger partial charge on any atom is 0.0593 e. The molecule has 1 heterocycles. The molecule has 1 unspecified atom stereocenters. The number of aliphatic hydroxyl groups is 1. The minimum atomic E-state index is -0.00528. The Balaban J connectivity index is 2.41. The van der Waals surface area contributed by atoms with Crippen LogP contribution in [0.15, 0.2) is 12.3 Å². The molecule has 0 aliphatic carbocycles. The number of rotatable bonds is 4. The van der Waals surface area contributed by atoms with Gasteiger partial charge in [-0.3, -0.25) is 4.68 Å². The molecule has 1 aromatic heterocycles. The van der Waals surface area contributed by atoms with Crippen LogP contribution in [0.2, 0.25) is 0 Å². The summed E-state index contributed by atoms with van der Waals surface area (Å²) in [6, 6.07) is 1.93. The van der Waals surface area contributed by atoms with E-state index in [9.17, 15) is 0 Å². The minimum Gasteiger partial charge on any atom is -0.396 e. The summed E-state index contributed by atoms with van der Waals surface area (Å²) < 4.78 is 1.80. The molecule has 68 valence electrons. The van der Waals surface area contributed by atoms with Gasteiger partial charge >= 0.3 is 0 Å². The van der Waals surface area contributed by atoms with E-state index in [1.165, 1.54) is 0 Å². The first-order valence-electron chi connectivity index (χ1n) is 4.09. The number of aryl methyl sites for hydroxylation is 1. The smallest absolute Gasteiger partial charge is 0.0593 e. The summed E-state index contributed by atoms with van der Waals surface area (Å²) in [7, 11) is 0. The van der Waals surface area contributed by atoms with Crippen molar-refractivity contribution in [3.8, 4) is 0 Å². The quantitative estimate of drug-likeness (QED) is 0.661. The van der Waals surface area contributed by atoms with Gasteiger partial charge in [-0.2, -0.15) is 5.10 Å². The highest BCUT2D eigenvalue weighted by Crippen LogP contribution is 1.96. The summed E-state index contributed by atoms with van der Waals surface area (Å²) >= 11 is 0. The first-order chi connectivity index (χ1) is 5.72. The Hall–Kier alpha value is -0.870. The number of aliphatic hydroxyl groups excluding tert-OH is 1. The first-order valence-corrected chi connectivity index (χ1v) is 4.09. The molecular formula is C8H15N3O. The van der Waals surface area contributed by atoms with Crippen LogP contribution in [0.4, 0.5) is 0 Å². The molecule has 4 nitrogen and oxygen atoms in total. The van der Waals surface area contributed by atoms with Gasteiger partial charge in [0.25, 0.3) is 0 Å². The highest BCUT2D eigenvalue weighted by molar-refractivity contribution is 4.94. The Morgan fingerprint density at radius 1 is 1.75 bits per heavy atom. The third-order valence-electron chi connectivity index (χ3n) is 1.70. The van der Waals surface area contributed by atoms with E-state index in [-0.39, 0.29) is 12.6 Å². The lowest BCUT2D eigenvalue weighted by Crippen LogP contribution is -2.27. The predicted molar refractivity (Wildman–Crippen MR) is 46.6 cm³/mol. The molecule has 0 bridgehead atoms. The van der Waals surface area contributed by atoms with Crippen LogP contribution in [0.25, 0.3) is 0 Å². The Kier molecular flexibility index (Phi) is 3.25. The summed E-state index contributed by atoms with van der Waals surface area (Å²) in [6.07, 6.45) is 2.52. The van der Waals surface area contributed by atoms with E-state index in [2.05, 4.69) is 5.10 Å². The summed E-state index contributed by atoms with van der Waals surface area (Å²) in [5, 5.41) is 12.8. The lowest BCUT2D eigenvalue weighted by atomic mass is 10.2. The van der Waals surface area contributed by atoms with Crippen LogP contribution in [-0.4, -0.2) is 27.5 Å². The maximum atomic E-state index is 8.61. The van der Waals surface area contributed by atoms with Crippen LogP contribution in [0.3, 0.4) is 0 Å². The lowest BCUT2D eigenvalue weighted by molar-refractivity contribution is 0.268. The van der Waals surface area contributed by atoms with Gasteiger partial charge in [-0.05, 0) is 19.4 Å². The minimum absolute atomic E-state index is 0.00528. The van der Waals surface area contributed by atoms with Crippen molar-refractivity contribution in [2.75, 3.05) is 6.61 Å². The number of hydrogen-bond acceptors (Lipinski definition) is 3. The molecule has 0 amide bonds. The van der Waals surface area contributed by atoms with Crippen LogP contribution in [0.1, 0.15) is 12.1 Å². The molecule has 1 rings (SSSR count). The fourth-order valence-corrected chi connectivity index (χ4v) is 1.06. The molecule has 0 spiro atoms. The first kappa shape index (κ1) is 9.22. The molecule has 0 aliphatic heterocycles. The van der Waals surface area contributed by atoms with Gasteiger partial charge in [-0.1, -0.05) is 0 Å². The zero-order valence-corrected chi connectivity index (χ0v) is 7.27. The van der Waals surface area contributed by atoms with Crippen molar-refractivity contribution < 1.29 is 5.11 Å². The van der Waals surface area contributed by atoms with Gasteiger partial charge < -0.3 is 10.8 Å². The van der Waals surface area contributed by atoms with E-state index in [4.69, 9.17) is 10.8 Å². The Bertz CT molecular complexity index is 234. The van der Waals surface area contributed by atoms with Crippen molar-refractivity contribution in [3.05, 3.63) is 18.0 Å². The molecule has 1 aromatic rings. The van der Waals surface area contributed by atoms with Gasteiger partial charge in [0.1, 0.15) is 0 Å². The van der Waals surface area contributed by atoms with Crippen molar-refractivity contribution >= 4 is 0 Å². The van der Waals surface area contributed by atoms with E-state index < -0.39 is 0 Å². The lowest BCUT2D eigenvalue weighted by Gasteiger charge is -2.08. The van der Waals surface area contributed by atoms with Crippen molar-refractivity contribution in [3.63, 3.8) is 0 Å². The molecule has 0 saturated heterocycles. The summed E-state index contributed by atoms with van der Waals surface area (Å²) in [6.45, 7) is 2.75. The second kappa shape index (κ2) is 4.23. The SMILES string of the molecule is Cc1ccn(CC(N)CCO)n1. The number of hydrogen-bond donors (Lipinski definition) is 2. The zero-order chi connectivity index (χ0) is 8.97. The molecule has 4 heteroatoms. The fraction of sp³-hybridized carbons (Fsp3) is 0.625.